The van der Waals surface area contributed by atoms with Gasteiger partial charge in [-0.2, -0.15) is 0 Å². The Bertz CT molecular complexity index is 1900. The minimum Gasteiger partial charge on any atom is -0.494 e. The molecular weight excluding hydrogens is 640 g/mol. The number of carbonyl (C=O) groups is 2. The van der Waals surface area contributed by atoms with Crippen molar-refractivity contribution >= 4 is 40.3 Å². The topological polar surface area (TPSA) is 86.7 Å². The Labute approximate surface area is 301 Å². The second-order valence-electron chi connectivity index (χ2n) is 13.9. The van der Waals surface area contributed by atoms with Crippen LogP contribution in [-0.2, 0) is 14.9 Å². The predicted octanol–water partition coefficient (Wildman–Crippen LogP) is 9.90. The van der Waals surface area contributed by atoms with Crippen LogP contribution in [0.2, 0.25) is 0 Å². The van der Waals surface area contributed by atoms with Gasteiger partial charge in [0, 0.05) is 24.2 Å². The number of benzene rings is 4. The average Bonchev–Trinajstić information content (AvgIpc) is 3.30. The number of likely N-dealkylation sites (N-methyl/N-ethyl adjacent to an activating group) is 1. The summed E-state index contributed by atoms with van der Waals surface area (Å²) in [6.45, 7) is 8.79. The van der Waals surface area contributed by atoms with E-state index in [1.807, 2.05) is 61.8 Å². The third-order valence-electron chi connectivity index (χ3n) is 10.2. The van der Waals surface area contributed by atoms with Crippen LogP contribution >= 0.6 is 0 Å². The molecule has 0 fully saturated rings. The van der Waals surface area contributed by atoms with Gasteiger partial charge in [-0.05, 0) is 86.2 Å². The number of anilines is 1. The van der Waals surface area contributed by atoms with Gasteiger partial charge in [0.05, 0.1) is 30.4 Å². The largest absolute Gasteiger partial charge is 0.494 e. The zero-order valence-corrected chi connectivity index (χ0v) is 30.0. The molecule has 0 amide bonds. The molecule has 0 saturated heterocycles. The third-order valence-corrected chi connectivity index (χ3v) is 10.2. The summed E-state index contributed by atoms with van der Waals surface area (Å²) in [5.41, 5.74) is 1.93. The summed E-state index contributed by atoms with van der Waals surface area (Å²) in [6.07, 6.45) is 13.2. The molecule has 6 rings (SSSR count). The molecule has 266 valence electrons. The minimum atomic E-state index is -0.851. The smallest absolute Gasteiger partial charge is 0.343 e. The summed E-state index contributed by atoms with van der Waals surface area (Å²) in [5, 5.41) is 2.17. The van der Waals surface area contributed by atoms with Gasteiger partial charge in [-0.1, -0.05) is 81.9 Å². The maximum atomic E-state index is 13.2. The third kappa shape index (κ3) is 7.65. The standard InChI is InChI=1S/C43H48N2O6/c1-5-39(46)49-28-16-12-10-8-6-7-9-11-15-27-48-33-22-19-32(20-23-33)41(47)50-34-24-25-37-36(29-34)42(2,3)43(45(37)4)30-44-40-35-18-14-13-17-31(35)21-26-38(40)51-43/h5,13-14,17-26,29-30H,1,6-12,15-16,27-28H2,2-4H3. The first-order valence-corrected chi connectivity index (χ1v) is 18.1. The highest BCUT2D eigenvalue weighted by molar-refractivity contribution is 6.00. The van der Waals surface area contributed by atoms with Crippen molar-refractivity contribution in [2.45, 2.75) is 82.8 Å². The van der Waals surface area contributed by atoms with E-state index in [1.54, 1.807) is 12.1 Å². The SMILES string of the molecule is C=CC(=O)OCCCCCCCCCCCOc1ccc(C(=O)Oc2ccc3c(c2)C(C)(C)C2(C=Nc4c(ccc5ccccc45)O2)N3C)cc1. The van der Waals surface area contributed by atoms with Gasteiger partial charge >= 0.3 is 11.9 Å². The zero-order valence-electron chi connectivity index (χ0n) is 30.0. The van der Waals surface area contributed by atoms with Gasteiger partial charge in [-0.3, -0.25) is 4.99 Å². The molecular formula is C43H48N2O6. The molecule has 51 heavy (non-hydrogen) atoms. The Morgan fingerprint density at radius 2 is 1.49 bits per heavy atom. The van der Waals surface area contributed by atoms with Crippen LogP contribution in [0, 0.1) is 0 Å². The van der Waals surface area contributed by atoms with Crippen molar-refractivity contribution in [1.29, 1.82) is 0 Å². The first-order valence-electron chi connectivity index (χ1n) is 18.1. The van der Waals surface area contributed by atoms with Crippen molar-refractivity contribution in [3.63, 3.8) is 0 Å². The quantitative estimate of drug-likeness (QED) is 0.0501. The summed E-state index contributed by atoms with van der Waals surface area (Å²) >= 11 is 0. The van der Waals surface area contributed by atoms with E-state index in [0.717, 1.165) is 64.9 Å². The van der Waals surface area contributed by atoms with Gasteiger partial charge in [-0.15, -0.1) is 0 Å². The second kappa shape index (κ2) is 15.8. The van der Waals surface area contributed by atoms with Gasteiger partial charge in [0.2, 0.25) is 5.72 Å². The van der Waals surface area contributed by atoms with Gasteiger partial charge in [0.1, 0.15) is 22.9 Å². The monoisotopic (exact) mass is 688 g/mol. The average molecular weight is 689 g/mol. The molecule has 1 atom stereocenters. The van der Waals surface area contributed by atoms with E-state index in [1.165, 1.54) is 38.2 Å². The molecule has 2 heterocycles. The van der Waals surface area contributed by atoms with E-state index < -0.39 is 17.1 Å². The Morgan fingerprint density at radius 1 is 0.824 bits per heavy atom. The molecule has 0 aromatic heterocycles. The number of carbonyl (C=O) groups excluding carboxylic acids is 2. The first-order chi connectivity index (χ1) is 24.7. The summed E-state index contributed by atoms with van der Waals surface area (Å²) in [6, 6.07) is 25.1. The molecule has 0 radical (unpaired) electrons. The Balaban J connectivity index is 0.956. The number of hydrogen-bond donors (Lipinski definition) is 0. The van der Waals surface area contributed by atoms with Crippen LogP contribution in [-0.4, -0.2) is 44.1 Å². The van der Waals surface area contributed by atoms with Gasteiger partial charge < -0.3 is 23.8 Å². The number of esters is 2. The Hall–Kier alpha value is -5.11. The fraction of sp³-hybridized carbons (Fsp3) is 0.372. The van der Waals surface area contributed by atoms with Gasteiger partial charge in [0.25, 0.3) is 0 Å². The fourth-order valence-corrected chi connectivity index (χ4v) is 7.12. The molecule has 1 spiro atoms. The predicted molar refractivity (Wildman–Crippen MR) is 203 cm³/mol. The van der Waals surface area contributed by atoms with E-state index in [2.05, 4.69) is 43.5 Å². The lowest BCUT2D eigenvalue weighted by Crippen LogP contribution is -2.61. The van der Waals surface area contributed by atoms with Crippen LogP contribution in [0.1, 0.15) is 87.6 Å². The maximum absolute atomic E-state index is 13.2. The van der Waals surface area contributed by atoms with Crippen LogP contribution in [0.3, 0.4) is 0 Å². The van der Waals surface area contributed by atoms with Crippen LogP contribution in [0.4, 0.5) is 11.4 Å². The van der Waals surface area contributed by atoms with E-state index in [0.29, 0.717) is 24.5 Å². The highest BCUT2D eigenvalue weighted by Gasteiger charge is 2.58. The lowest BCUT2D eigenvalue weighted by molar-refractivity contribution is -0.137. The van der Waals surface area contributed by atoms with Crippen molar-refractivity contribution < 1.29 is 28.5 Å². The number of fused-ring (bicyclic) bond motifs is 4. The number of rotatable bonds is 16. The summed E-state index contributed by atoms with van der Waals surface area (Å²) < 4.78 is 23.6. The van der Waals surface area contributed by atoms with Crippen molar-refractivity contribution in [2.75, 3.05) is 25.2 Å². The van der Waals surface area contributed by atoms with Crippen molar-refractivity contribution in [3.05, 3.63) is 103 Å². The molecule has 0 saturated carbocycles. The molecule has 2 aliphatic heterocycles. The van der Waals surface area contributed by atoms with Crippen LogP contribution < -0.4 is 19.1 Å². The van der Waals surface area contributed by atoms with Crippen LogP contribution in [0.5, 0.6) is 17.2 Å². The molecule has 4 aromatic carbocycles. The normalized spacial score (nSPS) is 16.7. The van der Waals surface area contributed by atoms with Gasteiger partial charge in [0.15, 0.2) is 0 Å². The lowest BCUT2D eigenvalue weighted by Gasteiger charge is -2.44. The number of unbranched alkanes of at least 4 members (excludes halogenated alkanes) is 8. The first kappa shape index (κ1) is 35.7. The Morgan fingerprint density at radius 3 is 2.22 bits per heavy atom. The fourth-order valence-electron chi connectivity index (χ4n) is 7.12. The summed E-state index contributed by atoms with van der Waals surface area (Å²) in [4.78, 5) is 31.3. The van der Waals surface area contributed by atoms with E-state index in [-0.39, 0.29) is 5.97 Å². The van der Waals surface area contributed by atoms with E-state index in [9.17, 15) is 9.59 Å². The number of nitrogens with zero attached hydrogens (tertiary/aromatic N) is 2. The molecule has 1 unspecified atom stereocenters. The second-order valence-corrected chi connectivity index (χ2v) is 13.9. The molecule has 2 aliphatic rings. The highest BCUT2D eigenvalue weighted by Crippen LogP contribution is 2.54. The highest BCUT2D eigenvalue weighted by atomic mass is 16.5. The maximum Gasteiger partial charge on any atom is 0.343 e. The molecule has 8 nitrogen and oxygen atoms in total. The minimum absolute atomic E-state index is 0.345. The van der Waals surface area contributed by atoms with Crippen molar-refractivity contribution in [3.8, 4) is 17.2 Å². The molecule has 0 bridgehead atoms. The van der Waals surface area contributed by atoms with Crippen LogP contribution in [0.15, 0.2) is 96.5 Å². The van der Waals surface area contributed by atoms with E-state index >= 15 is 0 Å². The lowest BCUT2D eigenvalue weighted by atomic mass is 9.77. The van der Waals surface area contributed by atoms with E-state index in [4.69, 9.17) is 23.9 Å². The molecule has 0 aliphatic carbocycles. The number of aliphatic imine (C=N–C) groups is 1. The zero-order chi connectivity index (χ0) is 35.8. The number of ether oxygens (including phenoxy) is 4. The molecule has 4 aromatic rings. The van der Waals surface area contributed by atoms with Crippen LogP contribution in [0.25, 0.3) is 10.8 Å². The number of hydrogen-bond acceptors (Lipinski definition) is 8. The molecule has 8 heteroatoms. The molecule has 0 N–H and O–H groups in total. The van der Waals surface area contributed by atoms with Crippen molar-refractivity contribution in [1.82, 2.24) is 0 Å². The summed E-state index contributed by atoms with van der Waals surface area (Å²) in [7, 11) is 2.02. The van der Waals surface area contributed by atoms with Gasteiger partial charge in [-0.25, -0.2) is 9.59 Å². The Kier molecular flexibility index (Phi) is 11.1. The van der Waals surface area contributed by atoms with Crippen molar-refractivity contribution in [2.24, 2.45) is 4.99 Å². The summed E-state index contributed by atoms with van der Waals surface area (Å²) in [5.74, 6) is 1.18.